The maximum atomic E-state index is 12.3. The Labute approximate surface area is 136 Å². The normalized spacial score (nSPS) is 15.4. The molecule has 0 saturated carbocycles. The molecule has 0 amide bonds. The highest BCUT2D eigenvalue weighted by atomic mass is 16.5. The number of anilines is 1. The third-order valence-electron chi connectivity index (χ3n) is 3.92. The van der Waals surface area contributed by atoms with Gasteiger partial charge in [0.05, 0.1) is 17.8 Å². The van der Waals surface area contributed by atoms with Crippen molar-refractivity contribution < 1.29 is 9.53 Å². The van der Waals surface area contributed by atoms with E-state index in [2.05, 4.69) is 30.3 Å². The van der Waals surface area contributed by atoms with E-state index in [4.69, 9.17) is 4.74 Å². The van der Waals surface area contributed by atoms with Gasteiger partial charge in [0.1, 0.15) is 11.4 Å². The van der Waals surface area contributed by atoms with Crippen molar-refractivity contribution in [3.63, 3.8) is 0 Å². The van der Waals surface area contributed by atoms with Crippen molar-refractivity contribution in [3.05, 3.63) is 53.2 Å². The number of hydrogen-bond acceptors (Lipinski definition) is 4. The molecule has 0 fully saturated rings. The van der Waals surface area contributed by atoms with Gasteiger partial charge in [-0.1, -0.05) is 30.3 Å². The van der Waals surface area contributed by atoms with Crippen LogP contribution in [0, 0.1) is 6.92 Å². The maximum absolute atomic E-state index is 12.3. The molecule has 120 valence electrons. The second-order valence-corrected chi connectivity index (χ2v) is 6.14. The number of ether oxygens (including phenoxy) is 1. The first-order chi connectivity index (χ1) is 10.9. The van der Waals surface area contributed by atoms with Crippen LogP contribution in [0.25, 0.3) is 5.70 Å². The highest BCUT2D eigenvalue weighted by Crippen LogP contribution is 2.36. The van der Waals surface area contributed by atoms with Gasteiger partial charge >= 0.3 is 5.97 Å². The van der Waals surface area contributed by atoms with Crippen LogP contribution in [-0.2, 0) is 10.3 Å². The Hall–Kier alpha value is -2.56. The minimum atomic E-state index is -0.346. The van der Waals surface area contributed by atoms with E-state index in [1.807, 2.05) is 41.9 Å². The lowest BCUT2D eigenvalue weighted by molar-refractivity contribution is 0.0526. The molecule has 2 aromatic rings. The number of nitrogens with zero attached hydrogens (tertiary/aromatic N) is 2. The summed E-state index contributed by atoms with van der Waals surface area (Å²) < 4.78 is 7.04. The average Bonchev–Trinajstić information content (AvgIpc) is 2.85. The van der Waals surface area contributed by atoms with Gasteiger partial charge in [0, 0.05) is 5.70 Å². The molecule has 1 aromatic heterocycles. The number of benzene rings is 1. The molecule has 0 spiro atoms. The Morgan fingerprint density at radius 1 is 1.30 bits per heavy atom. The number of rotatable bonds is 3. The van der Waals surface area contributed by atoms with Crippen LogP contribution in [-0.4, -0.2) is 22.4 Å². The number of aromatic nitrogens is 2. The van der Waals surface area contributed by atoms with Crippen LogP contribution in [0.15, 0.2) is 36.4 Å². The third kappa shape index (κ3) is 2.63. The minimum Gasteiger partial charge on any atom is -0.462 e. The summed E-state index contributed by atoms with van der Waals surface area (Å²) in [5, 5.41) is 7.90. The van der Waals surface area contributed by atoms with Crippen molar-refractivity contribution in [1.29, 1.82) is 0 Å². The van der Waals surface area contributed by atoms with Crippen molar-refractivity contribution in [2.45, 2.75) is 33.2 Å². The smallest absolute Gasteiger partial charge is 0.343 e. The number of hydrogen-bond donors (Lipinski definition) is 1. The fourth-order valence-corrected chi connectivity index (χ4v) is 2.86. The largest absolute Gasteiger partial charge is 0.462 e. The van der Waals surface area contributed by atoms with E-state index in [9.17, 15) is 4.79 Å². The zero-order valence-electron chi connectivity index (χ0n) is 13.9. The summed E-state index contributed by atoms with van der Waals surface area (Å²) >= 11 is 0. The Morgan fingerprint density at radius 2 is 2.00 bits per heavy atom. The summed E-state index contributed by atoms with van der Waals surface area (Å²) in [6.07, 6.45) is 2.12. The third-order valence-corrected chi connectivity index (χ3v) is 3.92. The highest BCUT2D eigenvalue weighted by Gasteiger charge is 2.33. The van der Waals surface area contributed by atoms with E-state index in [0.717, 1.165) is 11.3 Å². The van der Waals surface area contributed by atoms with Gasteiger partial charge in [0.25, 0.3) is 0 Å². The van der Waals surface area contributed by atoms with Gasteiger partial charge in [0.2, 0.25) is 0 Å². The van der Waals surface area contributed by atoms with Gasteiger partial charge in [-0.15, -0.1) is 0 Å². The van der Waals surface area contributed by atoms with Crippen LogP contribution < -0.4 is 5.32 Å². The second-order valence-electron chi connectivity index (χ2n) is 6.14. The molecule has 2 heterocycles. The molecule has 3 rings (SSSR count). The molecule has 1 aliphatic rings. The lowest BCUT2D eigenvalue weighted by Crippen LogP contribution is -2.31. The van der Waals surface area contributed by atoms with Crippen LogP contribution in [0.4, 0.5) is 5.82 Å². The maximum Gasteiger partial charge on any atom is 0.343 e. The average molecular weight is 311 g/mol. The SMILES string of the molecule is CCOC(=O)c1c(C)nn2c1NC(c1ccccc1)=CC2(C)C. The van der Waals surface area contributed by atoms with Crippen molar-refractivity contribution in [1.82, 2.24) is 9.78 Å². The van der Waals surface area contributed by atoms with Gasteiger partial charge in [0.15, 0.2) is 0 Å². The second kappa shape index (κ2) is 5.57. The molecule has 5 heteroatoms. The molecule has 1 N–H and O–H groups in total. The van der Waals surface area contributed by atoms with Gasteiger partial charge in [-0.05, 0) is 39.3 Å². The van der Waals surface area contributed by atoms with Crippen molar-refractivity contribution in [3.8, 4) is 0 Å². The molecule has 0 aliphatic carbocycles. The Kier molecular flexibility index (Phi) is 3.72. The van der Waals surface area contributed by atoms with E-state index >= 15 is 0 Å². The molecule has 0 unspecified atom stereocenters. The molecule has 0 atom stereocenters. The summed E-state index contributed by atoms with van der Waals surface area (Å²) in [4.78, 5) is 12.3. The lowest BCUT2D eigenvalue weighted by Gasteiger charge is -2.31. The highest BCUT2D eigenvalue weighted by molar-refractivity contribution is 5.98. The molecular formula is C18H21N3O2. The zero-order chi connectivity index (χ0) is 16.6. The summed E-state index contributed by atoms with van der Waals surface area (Å²) in [6.45, 7) is 8.12. The first-order valence-electron chi connectivity index (χ1n) is 7.76. The number of carbonyl (C=O) groups is 1. The Morgan fingerprint density at radius 3 is 2.65 bits per heavy atom. The minimum absolute atomic E-state index is 0.341. The van der Waals surface area contributed by atoms with Gasteiger partial charge < -0.3 is 10.1 Å². The standard InChI is InChI=1S/C18H21N3O2/c1-5-23-17(22)15-12(2)20-21-16(15)19-14(11-18(21,3)4)13-9-7-6-8-10-13/h6-11,19H,5H2,1-4H3. The van der Waals surface area contributed by atoms with Crippen molar-refractivity contribution in [2.75, 3.05) is 11.9 Å². The fourth-order valence-electron chi connectivity index (χ4n) is 2.86. The van der Waals surface area contributed by atoms with Gasteiger partial charge in [-0.2, -0.15) is 5.10 Å². The van der Waals surface area contributed by atoms with E-state index in [1.165, 1.54) is 0 Å². The quantitative estimate of drug-likeness (QED) is 0.880. The van der Waals surface area contributed by atoms with Crippen molar-refractivity contribution in [2.24, 2.45) is 0 Å². The number of allylic oxidation sites excluding steroid dienone is 1. The predicted octanol–water partition coefficient (Wildman–Crippen LogP) is 3.57. The number of esters is 1. The monoisotopic (exact) mass is 311 g/mol. The van der Waals surface area contributed by atoms with Gasteiger partial charge in [-0.25, -0.2) is 9.48 Å². The van der Waals surface area contributed by atoms with Crippen LogP contribution >= 0.6 is 0 Å². The number of carbonyl (C=O) groups excluding carboxylic acids is 1. The van der Waals surface area contributed by atoms with E-state index < -0.39 is 0 Å². The van der Waals surface area contributed by atoms with Crippen LogP contribution in [0.5, 0.6) is 0 Å². The number of fused-ring (bicyclic) bond motifs is 1. The summed E-state index contributed by atoms with van der Waals surface area (Å²) in [5.41, 5.74) is 2.86. The summed E-state index contributed by atoms with van der Waals surface area (Å²) in [5.74, 6) is 0.344. The van der Waals surface area contributed by atoms with Gasteiger partial charge in [-0.3, -0.25) is 0 Å². The molecular weight excluding hydrogens is 290 g/mol. The fraction of sp³-hybridized carbons (Fsp3) is 0.333. The van der Waals surface area contributed by atoms with Crippen molar-refractivity contribution >= 4 is 17.5 Å². The molecule has 5 nitrogen and oxygen atoms in total. The molecule has 23 heavy (non-hydrogen) atoms. The Bertz CT molecular complexity index is 773. The summed E-state index contributed by atoms with van der Waals surface area (Å²) in [6, 6.07) is 10.1. The summed E-state index contributed by atoms with van der Waals surface area (Å²) in [7, 11) is 0. The molecule has 0 bridgehead atoms. The lowest BCUT2D eigenvalue weighted by atomic mass is 9.98. The topological polar surface area (TPSA) is 56.1 Å². The Balaban J connectivity index is 2.10. The first-order valence-corrected chi connectivity index (χ1v) is 7.76. The molecule has 0 radical (unpaired) electrons. The predicted molar refractivity (Wildman–Crippen MR) is 90.3 cm³/mol. The number of nitrogens with one attached hydrogen (secondary N) is 1. The molecule has 1 aromatic carbocycles. The zero-order valence-corrected chi connectivity index (χ0v) is 13.9. The van der Waals surface area contributed by atoms with Crippen LogP contribution in [0.2, 0.25) is 0 Å². The van der Waals surface area contributed by atoms with Crippen LogP contribution in [0.3, 0.4) is 0 Å². The van der Waals surface area contributed by atoms with E-state index in [0.29, 0.717) is 23.7 Å². The van der Waals surface area contributed by atoms with E-state index in [1.54, 1.807) is 6.92 Å². The van der Waals surface area contributed by atoms with Crippen LogP contribution in [0.1, 0.15) is 42.4 Å². The first kappa shape index (κ1) is 15.3. The number of aryl methyl sites for hydroxylation is 1. The molecule has 0 saturated heterocycles. The molecule has 1 aliphatic heterocycles. The van der Waals surface area contributed by atoms with E-state index in [-0.39, 0.29) is 11.5 Å².